The Morgan fingerprint density at radius 1 is 1.50 bits per heavy atom. The van der Waals surface area contributed by atoms with Gasteiger partial charge in [0.05, 0.1) is 17.6 Å². The maximum Gasteiger partial charge on any atom is 0.360 e. The highest BCUT2D eigenvalue weighted by Gasteiger charge is 2.35. The molecule has 1 aromatic heterocycles. The van der Waals surface area contributed by atoms with E-state index in [-0.39, 0.29) is 24.5 Å². The number of aromatic nitrogens is 1. The summed E-state index contributed by atoms with van der Waals surface area (Å²) in [6.07, 6.45) is 0.204. The second-order valence-electron chi connectivity index (χ2n) is 6.84. The molecule has 0 bridgehead atoms. The molecule has 0 unspecified atom stereocenters. The van der Waals surface area contributed by atoms with Gasteiger partial charge in [0.1, 0.15) is 16.1 Å². The number of esters is 1. The van der Waals surface area contributed by atoms with Crippen molar-refractivity contribution in [3.05, 3.63) is 16.6 Å². The van der Waals surface area contributed by atoms with Crippen LogP contribution in [-0.4, -0.2) is 36.9 Å². The Kier molecular flexibility index (Phi) is 7.40. The van der Waals surface area contributed by atoms with Gasteiger partial charge in [-0.3, -0.25) is 0 Å². The second-order valence-corrected chi connectivity index (χ2v) is 9.46. The number of carbonyl (C=O) groups is 1. The van der Waals surface area contributed by atoms with Gasteiger partial charge in [-0.25, -0.2) is 9.78 Å². The fraction of sp³-hybridized carbons (Fsp3) is 0.688. The maximum absolute atomic E-state index is 12.3. The third-order valence-corrected chi connectivity index (χ3v) is 5.36. The molecule has 0 saturated carbocycles. The third-order valence-electron chi connectivity index (χ3n) is 3.32. The topological polar surface area (TPSA) is 94.8 Å². The molecule has 0 fully saturated rings. The molecule has 2 atom stereocenters. The molecule has 0 saturated heterocycles. The van der Waals surface area contributed by atoms with Crippen LogP contribution < -0.4 is 0 Å². The fourth-order valence-electron chi connectivity index (χ4n) is 1.64. The van der Waals surface area contributed by atoms with Crippen LogP contribution in [0.1, 0.15) is 64.9 Å². The smallest absolute Gasteiger partial charge is 0.360 e. The molecule has 0 radical (unpaired) electrons. The molecule has 1 rings (SSSR count). The van der Waals surface area contributed by atoms with Gasteiger partial charge in [-0.2, -0.15) is 0 Å². The van der Waals surface area contributed by atoms with Crippen molar-refractivity contribution in [2.45, 2.75) is 64.9 Å². The molecule has 0 aliphatic rings. The van der Waals surface area contributed by atoms with Crippen molar-refractivity contribution in [2.24, 2.45) is 10.3 Å². The second kappa shape index (κ2) is 8.42. The quantitative estimate of drug-likeness (QED) is 0.342. The van der Waals surface area contributed by atoms with E-state index < -0.39 is 27.9 Å². The average molecular weight is 375 g/mol. The number of nitrogens with zero attached hydrogens (tertiary/aromatic N) is 2. The lowest BCUT2D eigenvalue weighted by atomic mass is 9.98. The zero-order valence-corrected chi connectivity index (χ0v) is 16.7. The highest BCUT2D eigenvalue weighted by molar-refractivity contribution is 7.91. The van der Waals surface area contributed by atoms with Gasteiger partial charge >= 0.3 is 5.97 Å². The molecular formula is C16H26N2O4S2. The highest BCUT2D eigenvalue weighted by Crippen LogP contribution is 2.25. The Morgan fingerprint density at radius 3 is 2.54 bits per heavy atom. The van der Waals surface area contributed by atoms with E-state index in [1.165, 1.54) is 16.8 Å². The Morgan fingerprint density at radius 2 is 2.12 bits per heavy atom. The molecule has 136 valence electrons. The molecule has 6 nitrogen and oxygen atoms in total. The summed E-state index contributed by atoms with van der Waals surface area (Å²) in [4.78, 5) is 16.0. The first-order valence-electron chi connectivity index (χ1n) is 7.82. The van der Waals surface area contributed by atoms with E-state index in [2.05, 4.69) is 9.38 Å². The van der Waals surface area contributed by atoms with Crippen molar-refractivity contribution in [1.29, 1.82) is 0 Å². The van der Waals surface area contributed by atoms with Crippen molar-refractivity contribution in [3.63, 3.8) is 0 Å². The summed E-state index contributed by atoms with van der Waals surface area (Å²) in [5.41, 5.74) is 2.24. The summed E-state index contributed by atoms with van der Waals surface area (Å²) in [5.74, 6) is -2.42. The van der Waals surface area contributed by atoms with Gasteiger partial charge in [-0.15, -0.1) is 11.3 Å². The molecule has 0 aliphatic heterocycles. The predicted molar refractivity (Wildman–Crippen MR) is 97.6 cm³/mol. The molecule has 0 spiro atoms. The summed E-state index contributed by atoms with van der Waals surface area (Å²) in [7, 11) is 0. The van der Waals surface area contributed by atoms with Crippen LogP contribution in [0.5, 0.6) is 0 Å². The van der Waals surface area contributed by atoms with Gasteiger partial charge in [0.25, 0.3) is 0 Å². The molecule has 0 amide bonds. The minimum Gasteiger partial charge on any atom is -0.591 e. The molecule has 24 heavy (non-hydrogen) atoms. The van der Waals surface area contributed by atoms with Gasteiger partial charge in [0.2, 0.25) is 5.79 Å². The van der Waals surface area contributed by atoms with Crippen LogP contribution in [0.4, 0.5) is 0 Å². The summed E-state index contributed by atoms with van der Waals surface area (Å²) < 4.78 is 21.3. The van der Waals surface area contributed by atoms with Crippen LogP contribution in [0, 0.1) is 5.92 Å². The zero-order valence-electron chi connectivity index (χ0n) is 15.0. The van der Waals surface area contributed by atoms with Gasteiger partial charge in [0.15, 0.2) is 5.69 Å². The monoisotopic (exact) mass is 374 g/mol. The summed E-state index contributed by atoms with van der Waals surface area (Å²) in [6, 6.07) is 0. The van der Waals surface area contributed by atoms with E-state index in [4.69, 9.17) is 4.74 Å². The SMILES string of the molecule is CC[C@](O)(C/C(=N\[S@@+]([O-])C(C)(C)C)C(C)C)OC(=O)c1cscn1. The van der Waals surface area contributed by atoms with Crippen LogP contribution in [0.3, 0.4) is 0 Å². The number of carbonyl (C=O) groups excluding carboxylic acids is 1. The van der Waals surface area contributed by atoms with E-state index in [0.29, 0.717) is 5.71 Å². The summed E-state index contributed by atoms with van der Waals surface area (Å²) in [5, 5.41) is 12.2. The third kappa shape index (κ3) is 6.16. The Labute approximate surface area is 150 Å². The standard InChI is InChI=1S/C16H26N2O4S2/c1-7-16(20,22-14(19)13-9-23-10-17-13)8-12(11(2)3)18-24(21)15(4,5)6/h9-11,20H,7-8H2,1-6H3/b18-12+/t16-,24+/m1/s1. The zero-order chi connectivity index (χ0) is 18.5. The Hall–Kier alpha value is -0.960. The van der Waals surface area contributed by atoms with E-state index >= 15 is 0 Å². The first-order chi connectivity index (χ1) is 11.0. The lowest BCUT2D eigenvalue weighted by molar-refractivity contribution is -0.161. The number of rotatable bonds is 7. The summed E-state index contributed by atoms with van der Waals surface area (Å²) in [6.45, 7) is 11.0. The molecule has 0 aliphatic carbocycles. The molecule has 1 aromatic rings. The molecule has 1 N–H and O–H groups in total. The average Bonchev–Trinajstić information content (AvgIpc) is 2.99. The number of thiazole rings is 1. The fourth-order valence-corrected chi connectivity index (χ4v) is 2.92. The van der Waals surface area contributed by atoms with E-state index in [0.717, 1.165) is 0 Å². The van der Waals surface area contributed by atoms with Gasteiger partial charge in [0, 0.05) is 11.8 Å². The maximum atomic E-state index is 12.3. The van der Waals surface area contributed by atoms with E-state index in [1.807, 2.05) is 34.6 Å². The van der Waals surface area contributed by atoms with Gasteiger partial charge < -0.3 is 14.4 Å². The van der Waals surface area contributed by atoms with Gasteiger partial charge in [-0.05, 0) is 26.7 Å². The van der Waals surface area contributed by atoms with Crippen LogP contribution in [-0.2, 0) is 16.1 Å². The van der Waals surface area contributed by atoms with Crippen molar-refractivity contribution < 1.29 is 19.2 Å². The first-order valence-corrected chi connectivity index (χ1v) is 9.87. The first kappa shape index (κ1) is 21.1. The predicted octanol–water partition coefficient (Wildman–Crippen LogP) is 3.35. The molecule has 0 aromatic carbocycles. The largest absolute Gasteiger partial charge is 0.591 e. The van der Waals surface area contributed by atoms with Crippen LogP contribution >= 0.6 is 11.3 Å². The highest BCUT2D eigenvalue weighted by atomic mass is 32.2. The number of aliphatic hydroxyl groups is 1. The van der Waals surface area contributed by atoms with Crippen molar-refractivity contribution in [2.75, 3.05) is 0 Å². The minimum absolute atomic E-state index is 0.0128. The molecule has 8 heteroatoms. The van der Waals surface area contributed by atoms with Crippen molar-refractivity contribution in [1.82, 2.24) is 4.98 Å². The lowest BCUT2D eigenvalue weighted by Crippen LogP contribution is -2.38. The molecule has 1 heterocycles. The lowest BCUT2D eigenvalue weighted by Gasteiger charge is -2.28. The van der Waals surface area contributed by atoms with Crippen molar-refractivity contribution >= 4 is 34.4 Å². The molecular weight excluding hydrogens is 348 g/mol. The van der Waals surface area contributed by atoms with Gasteiger partial charge in [-0.1, -0.05) is 25.2 Å². The Bertz CT molecular complexity index is 567. The number of ether oxygens (including phenoxy) is 1. The van der Waals surface area contributed by atoms with E-state index in [9.17, 15) is 14.5 Å². The van der Waals surface area contributed by atoms with Crippen LogP contribution in [0.15, 0.2) is 15.3 Å². The van der Waals surface area contributed by atoms with Crippen molar-refractivity contribution in [3.8, 4) is 0 Å². The van der Waals surface area contributed by atoms with Crippen LogP contribution in [0.2, 0.25) is 0 Å². The number of hydrogen-bond donors (Lipinski definition) is 1. The normalized spacial score (nSPS) is 16.8. The Balaban J connectivity index is 2.96. The minimum atomic E-state index is -1.70. The number of hydrogen-bond acceptors (Lipinski definition) is 7. The summed E-state index contributed by atoms with van der Waals surface area (Å²) >= 11 is -0.167. The van der Waals surface area contributed by atoms with E-state index in [1.54, 1.807) is 12.3 Å². The van der Waals surface area contributed by atoms with Crippen LogP contribution in [0.25, 0.3) is 0 Å².